The molecule has 0 saturated carbocycles. The molecule has 1 heterocycles. The first kappa shape index (κ1) is 14.4. The minimum absolute atomic E-state index is 0.0330. The number of amides is 1. The second-order valence-corrected chi connectivity index (χ2v) is 5.97. The lowest BCUT2D eigenvalue weighted by molar-refractivity contribution is 0.0580. The molecule has 0 aromatic heterocycles. The van der Waals surface area contributed by atoms with Crippen LogP contribution in [0.1, 0.15) is 36.5 Å². The van der Waals surface area contributed by atoms with E-state index in [1.807, 2.05) is 42.3 Å². The summed E-state index contributed by atoms with van der Waals surface area (Å²) in [5, 5.41) is 0. The van der Waals surface area contributed by atoms with Gasteiger partial charge in [-0.15, -0.1) is 11.8 Å². The molecule has 19 heavy (non-hydrogen) atoms. The number of rotatable bonds is 3. The Morgan fingerprint density at radius 3 is 2.84 bits per heavy atom. The molecule has 0 radical (unpaired) electrons. The minimum atomic E-state index is 0.0330. The Morgan fingerprint density at radius 1 is 1.42 bits per heavy atom. The van der Waals surface area contributed by atoms with E-state index in [4.69, 9.17) is 5.73 Å². The summed E-state index contributed by atoms with van der Waals surface area (Å²) in [4.78, 5) is 15.8. The molecule has 1 amide bonds. The number of hydrogen-bond acceptors (Lipinski definition) is 3. The van der Waals surface area contributed by atoms with Gasteiger partial charge in [0, 0.05) is 23.5 Å². The Labute approximate surface area is 119 Å². The van der Waals surface area contributed by atoms with E-state index in [9.17, 15) is 4.79 Å². The molecule has 1 aromatic carbocycles. The predicted molar refractivity (Wildman–Crippen MR) is 80.5 cm³/mol. The molecule has 1 aliphatic heterocycles. The van der Waals surface area contributed by atoms with E-state index < -0.39 is 0 Å². The smallest absolute Gasteiger partial charge is 0.255 e. The van der Waals surface area contributed by atoms with Crippen LogP contribution in [0.2, 0.25) is 0 Å². The van der Waals surface area contributed by atoms with Crippen molar-refractivity contribution in [3.05, 3.63) is 29.8 Å². The zero-order valence-corrected chi connectivity index (χ0v) is 12.5. The Hall–Kier alpha value is -1.00. The highest BCUT2D eigenvalue weighted by Crippen LogP contribution is 2.26. The van der Waals surface area contributed by atoms with Crippen molar-refractivity contribution in [1.29, 1.82) is 0 Å². The molecular weight excluding hydrogens is 256 g/mol. The van der Waals surface area contributed by atoms with Crippen molar-refractivity contribution in [2.75, 3.05) is 12.8 Å². The van der Waals surface area contributed by atoms with Gasteiger partial charge in [0.15, 0.2) is 0 Å². The predicted octanol–water partition coefficient (Wildman–Crippen LogP) is 2.75. The molecule has 1 aromatic rings. The fraction of sp³-hybridized carbons (Fsp3) is 0.533. The SMILES string of the molecule is CSc1ccccc1C(=O)N1CCCCC1C(C)N. The number of benzene rings is 1. The zero-order valence-electron chi connectivity index (χ0n) is 11.6. The first-order valence-corrected chi connectivity index (χ1v) is 8.07. The summed E-state index contributed by atoms with van der Waals surface area (Å²) < 4.78 is 0. The van der Waals surface area contributed by atoms with Gasteiger partial charge in [-0.3, -0.25) is 4.79 Å². The standard InChI is InChI=1S/C15H22N2OS/c1-11(16)13-8-5-6-10-17(13)15(18)12-7-3-4-9-14(12)19-2/h3-4,7,9,11,13H,5-6,8,10,16H2,1-2H3. The van der Waals surface area contributed by atoms with E-state index in [0.717, 1.165) is 29.8 Å². The average Bonchev–Trinajstić information content (AvgIpc) is 2.46. The number of nitrogens with two attached hydrogens (primary N) is 1. The first-order valence-electron chi connectivity index (χ1n) is 6.84. The van der Waals surface area contributed by atoms with Crippen molar-refractivity contribution in [2.45, 2.75) is 43.2 Å². The van der Waals surface area contributed by atoms with E-state index in [-0.39, 0.29) is 18.0 Å². The molecule has 1 fully saturated rings. The van der Waals surface area contributed by atoms with Crippen LogP contribution in [-0.2, 0) is 0 Å². The number of nitrogens with zero attached hydrogens (tertiary/aromatic N) is 1. The van der Waals surface area contributed by atoms with Gasteiger partial charge in [0.2, 0.25) is 0 Å². The monoisotopic (exact) mass is 278 g/mol. The number of hydrogen-bond donors (Lipinski definition) is 1. The van der Waals surface area contributed by atoms with Crippen LogP contribution in [0, 0.1) is 0 Å². The van der Waals surface area contributed by atoms with Crippen molar-refractivity contribution in [1.82, 2.24) is 4.90 Å². The van der Waals surface area contributed by atoms with Gasteiger partial charge in [-0.1, -0.05) is 12.1 Å². The lowest BCUT2D eigenvalue weighted by atomic mass is 9.96. The van der Waals surface area contributed by atoms with E-state index in [1.54, 1.807) is 11.8 Å². The second kappa shape index (κ2) is 6.44. The van der Waals surface area contributed by atoms with Gasteiger partial charge in [-0.2, -0.15) is 0 Å². The summed E-state index contributed by atoms with van der Waals surface area (Å²) in [6.45, 7) is 2.82. The molecule has 1 aliphatic rings. The van der Waals surface area contributed by atoms with Crippen LogP contribution < -0.4 is 5.73 Å². The van der Waals surface area contributed by atoms with Crippen LogP contribution in [0.3, 0.4) is 0 Å². The Kier molecular flexibility index (Phi) is 4.88. The molecule has 104 valence electrons. The lowest BCUT2D eigenvalue weighted by Crippen LogP contribution is -2.51. The summed E-state index contributed by atoms with van der Waals surface area (Å²) in [6.07, 6.45) is 5.27. The van der Waals surface area contributed by atoms with Crippen LogP contribution in [0.4, 0.5) is 0 Å². The molecule has 4 heteroatoms. The number of piperidine rings is 1. The normalized spacial score (nSPS) is 21.2. The van der Waals surface area contributed by atoms with E-state index in [2.05, 4.69) is 0 Å². The van der Waals surface area contributed by atoms with Gasteiger partial charge in [-0.05, 0) is 44.6 Å². The van der Waals surface area contributed by atoms with E-state index in [1.165, 1.54) is 6.42 Å². The highest BCUT2D eigenvalue weighted by atomic mass is 32.2. The molecule has 2 N–H and O–H groups in total. The molecule has 3 nitrogen and oxygen atoms in total. The maximum atomic E-state index is 12.8. The van der Waals surface area contributed by atoms with Gasteiger partial charge < -0.3 is 10.6 Å². The van der Waals surface area contributed by atoms with Gasteiger partial charge >= 0.3 is 0 Å². The Balaban J connectivity index is 2.26. The number of carbonyl (C=O) groups excluding carboxylic acids is 1. The van der Waals surface area contributed by atoms with E-state index >= 15 is 0 Å². The number of thioether (sulfide) groups is 1. The van der Waals surface area contributed by atoms with Gasteiger partial charge in [-0.25, -0.2) is 0 Å². The van der Waals surface area contributed by atoms with Crippen molar-refractivity contribution >= 4 is 17.7 Å². The molecular formula is C15H22N2OS. The molecule has 0 aliphatic carbocycles. The largest absolute Gasteiger partial charge is 0.334 e. The zero-order chi connectivity index (χ0) is 13.8. The Morgan fingerprint density at radius 2 is 2.16 bits per heavy atom. The molecule has 2 atom stereocenters. The number of carbonyl (C=O) groups is 1. The molecule has 0 spiro atoms. The number of likely N-dealkylation sites (tertiary alicyclic amines) is 1. The minimum Gasteiger partial charge on any atom is -0.334 e. The van der Waals surface area contributed by atoms with Gasteiger partial charge in [0.1, 0.15) is 0 Å². The fourth-order valence-electron chi connectivity index (χ4n) is 2.73. The topological polar surface area (TPSA) is 46.3 Å². The summed E-state index contributed by atoms with van der Waals surface area (Å²) in [5.74, 6) is 0.131. The third kappa shape index (κ3) is 3.12. The van der Waals surface area contributed by atoms with Gasteiger partial charge in [0.25, 0.3) is 5.91 Å². The summed E-state index contributed by atoms with van der Waals surface area (Å²) in [6, 6.07) is 8.03. The highest BCUT2D eigenvalue weighted by molar-refractivity contribution is 7.98. The van der Waals surface area contributed by atoms with Crippen LogP contribution in [0.25, 0.3) is 0 Å². The molecule has 1 saturated heterocycles. The van der Waals surface area contributed by atoms with Crippen LogP contribution >= 0.6 is 11.8 Å². The van der Waals surface area contributed by atoms with Crippen LogP contribution in [-0.4, -0.2) is 35.7 Å². The van der Waals surface area contributed by atoms with Gasteiger partial charge in [0.05, 0.1) is 5.56 Å². The van der Waals surface area contributed by atoms with Crippen molar-refractivity contribution in [3.63, 3.8) is 0 Å². The lowest BCUT2D eigenvalue weighted by Gasteiger charge is -2.38. The molecule has 0 bridgehead atoms. The van der Waals surface area contributed by atoms with Crippen molar-refractivity contribution in [2.24, 2.45) is 5.73 Å². The van der Waals surface area contributed by atoms with Crippen LogP contribution in [0.5, 0.6) is 0 Å². The quantitative estimate of drug-likeness (QED) is 0.865. The van der Waals surface area contributed by atoms with Crippen LogP contribution in [0.15, 0.2) is 29.2 Å². The Bertz CT molecular complexity index is 448. The first-order chi connectivity index (χ1) is 9.15. The summed E-state index contributed by atoms with van der Waals surface area (Å²) in [7, 11) is 0. The summed E-state index contributed by atoms with van der Waals surface area (Å²) >= 11 is 1.62. The third-order valence-corrected chi connectivity index (χ3v) is 4.55. The second-order valence-electron chi connectivity index (χ2n) is 5.12. The average molecular weight is 278 g/mol. The van der Waals surface area contributed by atoms with Crippen molar-refractivity contribution in [3.8, 4) is 0 Å². The summed E-state index contributed by atoms with van der Waals surface area (Å²) in [5.41, 5.74) is 6.85. The molecule has 2 unspecified atom stereocenters. The third-order valence-electron chi connectivity index (χ3n) is 3.75. The molecule has 2 rings (SSSR count). The maximum Gasteiger partial charge on any atom is 0.255 e. The maximum absolute atomic E-state index is 12.8. The van der Waals surface area contributed by atoms with E-state index in [0.29, 0.717) is 0 Å². The fourth-order valence-corrected chi connectivity index (χ4v) is 3.32. The highest BCUT2D eigenvalue weighted by Gasteiger charge is 2.30. The van der Waals surface area contributed by atoms with Crippen molar-refractivity contribution < 1.29 is 4.79 Å².